The van der Waals surface area contributed by atoms with Gasteiger partial charge in [-0.15, -0.1) is 0 Å². The second kappa shape index (κ2) is 30.2. The number of carboxylic acid groups (broad SMARTS) is 1. The van der Waals surface area contributed by atoms with Crippen molar-refractivity contribution in [2.45, 2.75) is 156 Å². The van der Waals surface area contributed by atoms with Crippen molar-refractivity contribution in [2.24, 2.45) is 17.4 Å². The maximum atomic E-state index is 16.1. The van der Waals surface area contributed by atoms with Gasteiger partial charge in [-0.1, -0.05) is 55.2 Å². The number of benzene rings is 5. The van der Waals surface area contributed by atoms with Crippen LogP contribution in [0.4, 0.5) is 0 Å². The number of aromatic hydroxyl groups is 3. The molecule has 5 aromatic carbocycles. The Labute approximate surface area is 584 Å². The minimum atomic E-state index is -2.35. The zero-order valence-electron chi connectivity index (χ0n) is 54.3. The topological polar surface area (TPSA) is 530 Å². The lowest BCUT2D eigenvalue weighted by molar-refractivity contribution is -0.277. The van der Waals surface area contributed by atoms with Crippen LogP contribution >= 0.6 is 23.2 Å². The van der Waals surface area contributed by atoms with Gasteiger partial charge in [0.2, 0.25) is 53.4 Å². The average Bonchev–Trinajstić information content (AvgIpc) is 0.770. The summed E-state index contributed by atoms with van der Waals surface area (Å²) in [6.07, 6.45) is -19.0. The molecule has 1 unspecified atom stereocenters. The van der Waals surface area contributed by atoms with Crippen molar-refractivity contribution in [1.29, 1.82) is 0 Å². The predicted octanol–water partition coefficient (Wildman–Crippen LogP) is 0.106. The van der Waals surface area contributed by atoms with E-state index in [2.05, 4.69) is 37.2 Å². The minimum Gasteiger partial charge on any atom is -0.508 e. The predicted molar refractivity (Wildman–Crippen MR) is 349 cm³/mol. The Morgan fingerprint density at radius 2 is 1.33 bits per heavy atom. The number of nitrogens with one attached hydrogen (secondary N) is 7. The van der Waals surface area contributed by atoms with E-state index >= 15 is 19.2 Å². The Balaban J connectivity index is 1.26. The number of ether oxygens (including phenoxy) is 6. The molecule has 2 saturated heterocycles. The number of carbonyl (C=O) groups is 8. The van der Waals surface area contributed by atoms with E-state index in [0.29, 0.717) is 0 Å². The molecule has 0 spiro atoms. The molecular formula is C66H75Cl2N9O24. The van der Waals surface area contributed by atoms with Gasteiger partial charge in [-0.25, -0.2) is 4.79 Å². The van der Waals surface area contributed by atoms with Gasteiger partial charge in [-0.2, -0.15) is 0 Å². The highest BCUT2D eigenvalue weighted by atomic mass is 35.5. The molecule has 542 valence electrons. The molecule has 18 atom stereocenters. The average molecular weight is 1450 g/mol. The lowest BCUT2D eigenvalue weighted by Crippen LogP contribution is -2.61. The number of fused-ring (bicyclic) bond motifs is 15. The monoisotopic (exact) mass is 1450 g/mol. The molecule has 21 N–H and O–H groups in total. The van der Waals surface area contributed by atoms with Crippen LogP contribution in [0.5, 0.6) is 46.0 Å². The largest absolute Gasteiger partial charge is 0.508 e. The number of carboxylic acids is 1. The molecule has 101 heavy (non-hydrogen) atoms. The number of phenolic OH excluding ortho intramolecular Hbond substituents is 3. The minimum absolute atomic E-state index is 0.0953. The van der Waals surface area contributed by atoms with Crippen molar-refractivity contribution in [1.82, 2.24) is 37.2 Å². The molecule has 0 aromatic heterocycles. The van der Waals surface area contributed by atoms with Crippen LogP contribution < -0.4 is 62.9 Å². The molecule has 7 aliphatic heterocycles. The first-order chi connectivity index (χ1) is 47.7. The third kappa shape index (κ3) is 15.8. The summed E-state index contributed by atoms with van der Waals surface area (Å²) in [5.41, 5.74) is 8.15. The Bertz CT molecular complexity index is 4070. The fraction of sp³-hybridized carbons (Fsp3) is 0.424. The van der Waals surface area contributed by atoms with Crippen molar-refractivity contribution in [2.75, 3.05) is 13.7 Å². The molecule has 7 aliphatic rings. The number of aliphatic carboxylic acids is 1. The van der Waals surface area contributed by atoms with Gasteiger partial charge in [0.1, 0.15) is 95.6 Å². The van der Waals surface area contributed by atoms with E-state index in [4.69, 9.17) is 63.1 Å². The van der Waals surface area contributed by atoms with Crippen LogP contribution in [0.1, 0.15) is 105 Å². The summed E-state index contributed by atoms with van der Waals surface area (Å²) in [5.74, 6) is -16.0. The number of aliphatic hydroxyl groups excluding tert-OH is 6. The lowest BCUT2D eigenvalue weighted by Gasteiger charge is -2.44. The molecule has 5 aromatic rings. The van der Waals surface area contributed by atoms with Crippen molar-refractivity contribution >= 4 is 70.5 Å². The highest BCUT2D eigenvalue weighted by Crippen LogP contribution is 2.50. The first kappa shape index (κ1) is 74.5. The summed E-state index contributed by atoms with van der Waals surface area (Å²) in [6, 6.07) is -0.386. The van der Waals surface area contributed by atoms with Crippen LogP contribution in [0, 0.1) is 5.92 Å². The highest BCUT2D eigenvalue weighted by Gasteiger charge is 2.49. The number of carbonyl (C=O) groups excluding carboxylic acids is 7. The molecule has 0 radical (unpaired) electrons. The Morgan fingerprint density at radius 3 is 1.93 bits per heavy atom. The van der Waals surface area contributed by atoms with E-state index < -0.39 is 231 Å². The van der Waals surface area contributed by atoms with Crippen LogP contribution in [-0.2, 0) is 52.6 Å². The summed E-state index contributed by atoms with van der Waals surface area (Å²) in [7, 11) is 1.47. The van der Waals surface area contributed by atoms with Gasteiger partial charge < -0.3 is 128 Å². The normalized spacial score (nSPS) is 29.4. The first-order valence-electron chi connectivity index (χ1n) is 31.6. The third-order valence-electron chi connectivity index (χ3n) is 17.8. The van der Waals surface area contributed by atoms with E-state index in [1.165, 1.54) is 45.2 Å². The standard InChI is InChI=1S/C66H75Cl2N9O24/c1-23(2)12-34(71-5)58(88)76-49-51(83)26-7-10-38(32(67)14-26)97-40-16-28-17-41(56(40)101-65-54(86)53(85)52(84)42(22-78)99-65)98-39-11-8-27(15-33(39)68)55(100-44-21-66(4,70)57(87)24(3)96-44)50-63(93)75-48(64(94)95)31-18-29(79)19-37(81)45(31)30-13-25(6-9-36(30)80)46(60(90)77-50)74-61(91)47(28)73-59(89)35(20-43(69)82)72-62(49)92/h6-11,13-19,23-24,34-35,42,44,46-55,57,65,71,78-81,83-87H,12,20-22,70H2,1-5H3,(H2,69,82)(H,72,92)(H,73,89)(H,74,91)(H,75,93)(H,76,88)(H,77,90)(H,94,95)/t24-,34+,35-,42+,44-,46+,47+,48?,49+,50-,51+,52+,53-,54+,55+,57-,65-,66-/m0/s1. The smallest absolute Gasteiger partial charge is 0.330 e. The third-order valence-corrected chi connectivity index (χ3v) is 18.4. The number of hydrogen-bond donors (Lipinski definition) is 19. The van der Waals surface area contributed by atoms with Crippen LogP contribution in [-0.4, -0.2) is 191 Å². The fourth-order valence-electron chi connectivity index (χ4n) is 12.5. The summed E-state index contributed by atoms with van der Waals surface area (Å²) >= 11 is 14.2. The number of aliphatic hydroxyl groups is 6. The van der Waals surface area contributed by atoms with E-state index in [1.807, 2.05) is 13.8 Å². The molecule has 33 nitrogen and oxygen atoms in total. The number of nitrogens with two attached hydrogens (primary N) is 2. The number of phenols is 3. The highest BCUT2D eigenvalue weighted by molar-refractivity contribution is 6.32. The molecule has 12 rings (SSSR count). The van der Waals surface area contributed by atoms with Gasteiger partial charge in [0.25, 0.3) is 0 Å². The molecule has 7 heterocycles. The molecule has 35 heteroatoms. The maximum Gasteiger partial charge on any atom is 0.330 e. The molecule has 11 bridgehead atoms. The summed E-state index contributed by atoms with van der Waals surface area (Å²) in [4.78, 5) is 118. The van der Waals surface area contributed by atoms with Gasteiger partial charge in [0, 0.05) is 34.7 Å². The van der Waals surface area contributed by atoms with Crippen molar-refractivity contribution in [3.8, 4) is 57.1 Å². The molecule has 0 saturated carbocycles. The number of likely N-dealkylation sites (N-methyl/N-ethyl adjacent to an activating group) is 1. The molecular weight excluding hydrogens is 1370 g/mol. The zero-order valence-corrected chi connectivity index (χ0v) is 55.8. The quantitative estimate of drug-likeness (QED) is 0.0743. The number of rotatable bonds is 13. The van der Waals surface area contributed by atoms with E-state index in [9.17, 15) is 70.2 Å². The molecule has 0 aliphatic carbocycles. The van der Waals surface area contributed by atoms with Gasteiger partial charge in [0.05, 0.1) is 41.3 Å². The van der Waals surface area contributed by atoms with E-state index in [-0.39, 0.29) is 52.0 Å². The van der Waals surface area contributed by atoms with Gasteiger partial charge in [-0.3, -0.25) is 33.6 Å². The zero-order chi connectivity index (χ0) is 73.5. The number of halogens is 2. The maximum absolute atomic E-state index is 16.1. The Hall–Kier alpha value is -9.20. The number of amides is 7. The van der Waals surface area contributed by atoms with Gasteiger partial charge in [-0.05, 0) is 110 Å². The van der Waals surface area contributed by atoms with Crippen LogP contribution in [0.3, 0.4) is 0 Å². The van der Waals surface area contributed by atoms with Crippen molar-refractivity contribution in [3.05, 3.63) is 117 Å². The van der Waals surface area contributed by atoms with Crippen molar-refractivity contribution < 1.29 is 118 Å². The Morgan fingerprint density at radius 1 is 0.713 bits per heavy atom. The summed E-state index contributed by atoms with van der Waals surface area (Å²) < 4.78 is 38.0. The molecule has 2 fully saturated rings. The van der Waals surface area contributed by atoms with Gasteiger partial charge in [0.15, 0.2) is 23.8 Å². The van der Waals surface area contributed by atoms with E-state index in [0.717, 1.165) is 54.6 Å². The lowest BCUT2D eigenvalue weighted by atomic mass is 9.86. The summed E-state index contributed by atoms with van der Waals surface area (Å²) in [5, 5.41) is 129. The first-order valence-corrected chi connectivity index (χ1v) is 32.4. The fourth-order valence-corrected chi connectivity index (χ4v) is 12.9. The van der Waals surface area contributed by atoms with Crippen LogP contribution in [0.25, 0.3) is 11.1 Å². The second-order valence-electron chi connectivity index (χ2n) is 25.7. The van der Waals surface area contributed by atoms with Crippen LogP contribution in [0.2, 0.25) is 10.0 Å². The molecule has 7 amide bonds. The number of hydrogen-bond acceptors (Lipinski definition) is 25. The van der Waals surface area contributed by atoms with Gasteiger partial charge >= 0.3 is 5.97 Å². The number of primary amides is 1. The Kier molecular flexibility index (Phi) is 22.2. The summed E-state index contributed by atoms with van der Waals surface area (Å²) in [6.45, 7) is 5.60. The SMILES string of the molecule is CN[C@H](CC(C)C)C(=O)N[C@H]1C(=O)N[C@@H](CC(N)=O)C(=O)N[C@H]2C(=O)N[C@H]3C(=O)N[C@H](C(=O)NC(C(=O)O)c4cc(O)cc(O)c4-c4cc3ccc4O)[C@H](O[C@H]3C[C@](C)(N)[C@@H](O)[C@H](C)O3)c3ccc(c(Cl)c3)Oc3cc2cc(c3O[C@@H]2O[C@H](CO)[C@@H](O)[C@H](O)[C@H]2O)Oc2ccc(cc2Cl)[C@H]1O. The van der Waals surface area contributed by atoms with Crippen LogP contribution in [0.15, 0.2) is 78.9 Å². The second-order valence-corrected chi connectivity index (χ2v) is 26.5. The van der Waals surface area contributed by atoms with Crippen molar-refractivity contribution in [3.63, 3.8) is 0 Å². The van der Waals surface area contributed by atoms with E-state index in [1.54, 1.807) is 0 Å².